The molecule has 1 aromatic carbocycles. The van der Waals surface area contributed by atoms with Crippen LogP contribution in [-0.4, -0.2) is 57.3 Å². The molecule has 0 radical (unpaired) electrons. The summed E-state index contributed by atoms with van der Waals surface area (Å²) in [5, 5.41) is 0. The maximum absolute atomic E-state index is 12.2. The Morgan fingerprint density at radius 1 is 1.30 bits per heavy atom. The lowest BCUT2D eigenvalue weighted by Gasteiger charge is -2.21. The third-order valence-electron chi connectivity index (χ3n) is 4.41. The molecule has 1 aliphatic heterocycles. The van der Waals surface area contributed by atoms with E-state index in [0.29, 0.717) is 24.6 Å². The van der Waals surface area contributed by atoms with Crippen LogP contribution in [0.2, 0.25) is 0 Å². The molecule has 1 amide bonds. The molecule has 1 aromatic rings. The number of nitrogens with zero attached hydrogens (tertiary/aromatic N) is 2. The number of sulfonamides is 1. The number of esters is 1. The molecule has 0 atom stereocenters. The van der Waals surface area contributed by atoms with Gasteiger partial charge < -0.3 is 9.64 Å². The summed E-state index contributed by atoms with van der Waals surface area (Å²) in [6.07, 6.45) is 3.13. The highest BCUT2D eigenvalue weighted by molar-refractivity contribution is 7.90. The third kappa shape index (κ3) is 4.85. The third-order valence-corrected chi connectivity index (χ3v) is 5.80. The maximum Gasteiger partial charge on any atom is 0.328 e. The molecule has 8 nitrogen and oxygen atoms in total. The Bertz CT molecular complexity index is 862. The topological polar surface area (TPSA) is 105 Å². The van der Waals surface area contributed by atoms with Gasteiger partial charge in [-0.2, -0.15) is 0 Å². The van der Waals surface area contributed by atoms with Gasteiger partial charge in [0, 0.05) is 18.7 Å². The molecule has 1 aliphatic carbocycles. The first kappa shape index (κ1) is 19.3. The molecule has 27 heavy (non-hydrogen) atoms. The highest BCUT2D eigenvalue weighted by Crippen LogP contribution is 2.29. The van der Waals surface area contributed by atoms with Crippen molar-refractivity contribution in [2.75, 3.05) is 26.2 Å². The van der Waals surface area contributed by atoms with E-state index in [0.717, 1.165) is 19.3 Å². The van der Waals surface area contributed by atoms with Crippen molar-refractivity contribution in [1.82, 2.24) is 9.62 Å². The fourth-order valence-electron chi connectivity index (χ4n) is 2.87. The summed E-state index contributed by atoms with van der Waals surface area (Å²) in [5.41, 5.74) is 0.417. The zero-order chi connectivity index (χ0) is 19.4. The van der Waals surface area contributed by atoms with E-state index in [-0.39, 0.29) is 29.8 Å². The molecule has 0 unspecified atom stereocenters. The van der Waals surface area contributed by atoms with Crippen molar-refractivity contribution in [3.8, 4) is 0 Å². The number of rotatable bonds is 8. The molecule has 1 saturated carbocycles. The Balaban J connectivity index is 1.54. The first-order valence-electron chi connectivity index (χ1n) is 9.00. The minimum absolute atomic E-state index is 0.107. The number of amidine groups is 1. The number of fused-ring (bicyclic) bond motifs is 1. The number of hydrogen-bond acceptors (Lipinski definition) is 6. The van der Waals surface area contributed by atoms with Crippen LogP contribution in [-0.2, 0) is 24.3 Å². The average molecular weight is 393 g/mol. The predicted octanol–water partition coefficient (Wildman–Crippen LogP) is 0.917. The van der Waals surface area contributed by atoms with Gasteiger partial charge in [-0.25, -0.2) is 8.42 Å². The summed E-state index contributed by atoms with van der Waals surface area (Å²) in [5.74, 6) is -0.216. The summed E-state index contributed by atoms with van der Waals surface area (Å²) >= 11 is 0. The second-order valence-electron chi connectivity index (χ2n) is 6.71. The Morgan fingerprint density at radius 2 is 2.04 bits per heavy atom. The summed E-state index contributed by atoms with van der Waals surface area (Å²) in [6.45, 7) is 2.67. The molecule has 0 spiro atoms. The first-order valence-corrected chi connectivity index (χ1v) is 10.5. The van der Waals surface area contributed by atoms with E-state index >= 15 is 0 Å². The molecule has 0 bridgehead atoms. The van der Waals surface area contributed by atoms with Crippen molar-refractivity contribution in [3.63, 3.8) is 0 Å². The van der Waals surface area contributed by atoms with Crippen molar-refractivity contribution in [3.05, 3.63) is 29.8 Å². The predicted molar refractivity (Wildman–Crippen MR) is 98.7 cm³/mol. The van der Waals surface area contributed by atoms with E-state index in [9.17, 15) is 18.0 Å². The van der Waals surface area contributed by atoms with Gasteiger partial charge in [0.05, 0.1) is 4.90 Å². The largest absolute Gasteiger partial charge is 0.454 e. The summed E-state index contributed by atoms with van der Waals surface area (Å²) in [6, 6.07) is 6.39. The van der Waals surface area contributed by atoms with Crippen LogP contribution in [0.15, 0.2) is 34.2 Å². The lowest BCUT2D eigenvalue weighted by molar-refractivity contribution is -0.150. The van der Waals surface area contributed by atoms with Crippen LogP contribution in [0.5, 0.6) is 0 Å². The van der Waals surface area contributed by atoms with E-state index in [2.05, 4.69) is 9.71 Å². The van der Waals surface area contributed by atoms with Gasteiger partial charge in [-0.1, -0.05) is 19.1 Å². The fraction of sp³-hybridized carbons (Fsp3) is 0.500. The van der Waals surface area contributed by atoms with Crippen molar-refractivity contribution >= 4 is 27.7 Å². The fourth-order valence-corrected chi connectivity index (χ4v) is 4.12. The lowest BCUT2D eigenvalue weighted by Crippen LogP contribution is -2.37. The van der Waals surface area contributed by atoms with Gasteiger partial charge in [0.25, 0.3) is 15.9 Å². The van der Waals surface area contributed by atoms with Crippen LogP contribution in [0, 0.1) is 5.92 Å². The second kappa shape index (κ2) is 8.08. The van der Waals surface area contributed by atoms with Crippen LogP contribution in [0.25, 0.3) is 0 Å². The lowest BCUT2D eigenvalue weighted by atomic mass is 10.2. The molecule has 0 aromatic heterocycles. The Hall–Kier alpha value is -2.42. The number of carbonyl (C=O) groups is 2. The van der Waals surface area contributed by atoms with Crippen molar-refractivity contribution in [2.45, 2.75) is 31.1 Å². The van der Waals surface area contributed by atoms with Gasteiger partial charge in [0.1, 0.15) is 12.4 Å². The quantitative estimate of drug-likeness (QED) is 0.661. The number of ether oxygens (including phenoxy) is 1. The zero-order valence-electron chi connectivity index (χ0n) is 15.2. The monoisotopic (exact) mass is 393 g/mol. The Kier molecular flexibility index (Phi) is 5.79. The van der Waals surface area contributed by atoms with Crippen LogP contribution in [0.3, 0.4) is 0 Å². The normalized spacial score (nSPS) is 18.6. The SMILES string of the molecule is CCCN(CC1CC1)C(=O)COC(=O)CN=C1NS(=O)(=O)c2ccccc21. The molecular formula is C18H23N3O5S. The van der Waals surface area contributed by atoms with Gasteiger partial charge in [0.2, 0.25) is 0 Å². The van der Waals surface area contributed by atoms with E-state index in [1.807, 2.05) is 6.92 Å². The molecule has 146 valence electrons. The second-order valence-corrected chi connectivity index (χ2v) is 8.36. The highest BCUT2D eigenvalue weighted by Gasteiger charge is 2.30. The van der Waals surface area contributed by atoms with Gasteiger partial charge in [0.15, 0.2) is 6.61 Å². The van der Waals surface area contributed by atoms with Crippen LogP contribution in [0.4, 0.5) is 0 Å². The number of amides is 1. The van der Waals surface area contributed by atoms with E-state index in [4.69, 9.17) is 4.74 Å². The number of carbonyl (C=O) groups excluding carboxylic acids is 2. The van der Waals surface area contributed by atoms with Crippen LogP contribution >= 0.6 is 0 Å². The Labute approximate surface area is 158 Å². The minimum Gasteiger partial charge on any atom is -0.454 e. The number of hydrogen-bond donors (Lipinski definition) is 1. The standard InChI is InChI=1S/C18H23N3O5S/c1-2-9-21(11-13-7-8-13)16(22)12-26-17(23)10-19-18-14-5-3-4-6-15(14)27(24,25)20-18/h3-6,13H,2,7-12H2,1H3,(H,19,20). The van der Waals surface area contributed by atoms with Crippen molar-refractivity contribution in [1.29, 1.82) is 0 Å². The molecule has 1 heterocycles. The van der Waals surface area contributed by atoms with Gasteiger partial charge in [-0.05, 0) is 37.3 Å². The average Bonchev–Trinajstić information content (AvgIpc) is 3.42. The minimum atomic E-state index is -3.65. The summed E-state index contributed by atoms with van der Waals surface area (Å²) in [7, 11) is -3.65. The summed E-state index contributed by atoms with van der Waals surface area (Å²) in [4.78, 5) is 30.0. The van der Waals surface area contributed by atoms with Crippen LogP contribution < -0.4 is 4.72 Å². The number of nitrogens with one attached hydrogen (secondary N) is 1. The van der Waals surface area contributed by atoms with Crippen molar-refractivity contribution < 1.29 is 22.7 Å². The van der Waals surface area contributed by atoms with Crippen LogP contribution in [0.1, 0.15) is 31.7 Å². The summed E-state index contributed by atoms with van der Waals surface area (Å²) < 4.78 is 31.3. The van der Waals surface area contributed by atoms with Gasteiger partial charge in [-0.15, -0.1) is 0 Å². The molecular weight excluding hydrogens is 370 g/mol. The van der Waals surface area contributed by atoms with E-state index < -0.39 is 16.0 Å². The number of aliphatic imine (C=N–C) groups is 1. The first-order chi connectivity index (χ1) is 12.9. The molecule has 1 N–H and O–H groups in total. The maximum atomic E-state index is 12.2. The Morgan fingerprint density at radius 3 is 2.74 bits per heavy atom. The molecule has 2 aliphatic rings. The zero-order valence-corrected chi connectivity index (χ0v) is 16.0. The highest BCUT2D eigenvalue weighted by atomic mass is 32.2. The van der Waals surface area contributed by atoms with Gasteiger partial charge in [-0.3, -0.25) is 19.3 Å². The van der Waals surface area contributed by atoms with E-state index in [1.165, 1.54) is 6.07 Å². The molecule has 0 saturated heterocycles. The van der Waals surface area contributed by atoms with Crippen molar-refractivity contribution in [2.24, 2.45) is 10.9 Å². The number of benzene rings is 1. The van der Waals surface area contributed by atoms with Gasteiger partial charge >= 0.3 is 5.97 Å². The smallest absolute Gasteiger partial charge is 0.328 e. The molecule has 1 fully saturated rings. The molecule has 9 heteroatoms. The van der Waals surface area contributed by atoms with E-state index in [1.54, 1.807) is 23.1 Å². The molecule has 3 rings (SSSR count).